The summed E-state index contributed by atoms with van der Waals surface area (Å²) < 4.78 is 50.4. The molecule has 0 spiro atoms. The maximum Gasteiger partial charge on any atom is 0.255 e. The molecule has 0 aliphatic heterocycles. The summed E-state index contributed by atoms with van der Waals surface area (Å²) in [5, 5.41) is 7.71. The van der Waals surface area contributed by atoms with Gasteiger partial charge in [-0.1, -0.05) is 0 Å². The molecule has 0 aromatic heterocycles. The fourth-order valence-corrected chi connectivity index (χ4v) is 2.38. The summed E-state index contributed by atoms with van der Waals surface area (Å²) in [7, 11) is 1.60. The average molecular weight is 334 g/mol. The van der Waals surface area contributed by atoms with Crippen LogP contribution in [0.5, 0.6) is 0 Å². The average Bonchev–Trinajstić information content (AvgIpc) is 2.43. The number of nitrogen functional groups attached to an aromatic ring is 1. The Hall–Kier alpha value is -2.19. The van der Waals surface area contributed by atoms with Crippen LogP contribution < -0.4 is 21.7 Å². The Kier molecular flexibility index (Phi) is 4.86. The van der Waals surface area contributed by atoms with Gasteiger partial charge in [-0.25, -0.2) is 17.6 Å². The first-order chi connectivity index (χ1) is 10.7. The first-order valence-corrected chi connectivity index (χ1v) is 7.04. The molecule has 0 unspecified atom stereocenters. The molecule has 1 fully saturated rings. The van der Waals surface area contributed by atoms with Crippen LogP contribution in [0.15, 0.2) is 12.1 Å². The zero-order valence-electron chi connectivity index (χ0n) is 12.4. The summed E-state index contributed by atoms with van der Waals surface area (Å²) >= 11 is 0. The van der Waals surface area contributed by atoms with Crippen molar-refractivity contribution in [3.63, 3.8) is 0 Å². The van der Waals surface area contributed by atoms with Gasteiger partial charge in [-0.15, -0.1) is 0 Å². The number of rotatable bonds is 6. The molecule has 1 aromatic rings. The molecule has 5 N–H and O–H groups in total. The van der Waals surface area contributed by atoms with Crippen LogP contribution in [0.3, 0.4) is 0 Å². The van der Waals surface area contributed by atoms with Gasteiger partial charge in [0.25, 0.3) is 18.3 Å². The van der Waals surface area contributed by atoms with Crippen LogP contribution in [-0.4, -0.2) is 37.9 Å². The number of carbonyl (C=O) groups is 1. The number of anilines is 3. The minimum absolute atomic E-state index is 0.0392. The highest BCUT2D eigenvalue weighted by Crippen LogP contribution is 2.37. The summed E-state index contributed by atoms with van der Waals surface area (Å²) in [4.78, 5) is 12.2. The van der Waals surface area contributed by atoms with E-state index < -0.39 is 43.7 Å². The molecule has 9 heteroatoms. The number of halogens is 4. The van der Waals surface area contributed by atoms with Crippen molar-refractivity contribution in [2.45, 2.75) is 31.2 Å². The predicted molar refractivity (Wildman–Crippen MR) is 80.3 cm³/mol. The molecule has 0 atom stereocenters. The standard InChI is InChI=1S/C14H18F4N4O/c1-20-11-3-10(21-6-12(15)16)8(2-9(11)19)13(23)22-7-4-14(17,18)5-7/h2-3,7,12,20-21H,4-6,19H2,1H3,(H,22,23). The lowest BCUT2D eigenvalue weighted by atomic mass is 9.88. The molecule has 0 bridgehead atoms. The third-order valence-electron chi connectivity index (χ3n) is 3.58. The van der Waals surface area contributed by atoms with Crippen molar-refractivity contribution in [2.24, 2.45) is 0 Å². The Morgan fingerprint density at radius 2 is 2.00 bits per heavy atom. The van der Waals surface area contributed by atoms with Gasteiger partial charge in [0.1, 0.15) is 0 Å². The van der Waals surface area contributed by atoms with E-state index in [4.69, 9.17) is 5.73 Å². The second-order valence-electron chi connectivity index (χ2n) is 5.44. The molecule has 23 heavy (non-hydrogen) atoms. The quantitative estimate of drug-likeness (QED) is 0.476. The van der Waals surface area contributed by atoms with Crippen LogP contribution in [-0.2, 0) is 0 Å². The van der Waals surface area contributed by atoms with Gasteiger partial charge in [-0.2, -0.15) is 0 Å². The Morgan fingerprint density at radius 3 is 2.52 bits per heavy atom. The van der Waals surface area contributed by atoms with Gasteiger partial charge in [0.2, 0.25) is 0 Å². The summed E-state index contributed by atoms with van der Waals surface area (Å²) in [6.45, 7) is -0.644. The molecular weight excluding hydrogens is 316 g/mol. The molecule has 0 radical (unpaired) electrons. The molecule has 1 aliphatic rings. The molecule has 1 aliphatic carbocycles. The summed E-state index contributed by atoms with van der Waals surface area (Å²) in [6.07, 6.45) is -3.46. The van der Waals surface area contributed by atoms with Crippen molar-refractivity contribution in [1.82, 2.24) is 5.32 Å². The third-order valence-corrected chi connectivity index (χ3v) is 3.58. The largest absolute Gasteiger partial charge is 0.397 e. The minimum atomic E-state index is -2.76. The highest BCUT2D eigenvalue weighted by molar-refractivity contribution is 6.02. The van der Waals surface area contributed by atoms with Crippen molar-refractivity contribution in [3.05, 3.63) is 17.7 Å². The van der Waals surface area contributed by atoms with E-state index in [1.165, 1.54) is 12.1 Å². The van der Waals surface area contributed by atoms with Crippen LogP contribution in [0.2, 0.25) is 0 Å². The van der Waals surface area contributed by atoms with Gasteiger partial charge >= 0.3 is 0 Å². The van der Waals surface area contributed by atoms with Gasteiger partial charge < -0.3 is 21.7 Å². The van der Waals surface area contributed by atoms with Crippen LogP contribution in [0, 0.1) is 0 Å². The van der Waals surface area contributed by atoms with E-state index in [-0.39, 0.29) is 16.9 Å². The summed E-state index contributed by atoms with van der Waals surface area (Å²) in [6, 6.07) is 2.12. The molecular formula is C14H18F4N4O. The highest BCUT2D eigenvalue weighted by Gasteiger charge is 2.46. The SMILES string of the molecule is CNc1cc(NCC(F)F)c(C(=O)NC2CC(F)(F)C2)cc1N. The second-order valence-corrected chi connectivity index (χ2v) is 5.44. The summed E-state index contributed by atoms with van der Waals surface area (Å²) in [5.41, 5.74) is 6.69. The number of benzene rings is 1. The highest BCUT2D eigenvalue weighted by atomic mass is 19.3. The van der Waals surface area contributed by atoms with Crippen LogP contribution >= 0.6 is 0 Å². The number of carbonyl (C=O) groups excluding carboxylic acids is 1. The number of hydrogen-bond acceptors (Lipinski definition) is 4. The lowest BCUT2D eigenvalue weighted by molar-refractivity contribution is -0.0901. The molecule has 2 rings (SSSR count). The van der Waals surface area contributed by atoms with Gasteiger partial charge in [-0.3, -0.25) is 4.79 Å². The maximum atomic E-state index is 12.8. The van der Waals surface area contributed by atoms with E-state index in [0.29, 0.717) is 5.69 Å². The monoisotopic (exact) mass is 334 g/mol. The first kappa shape index (κ1) is 17.2. The van der Waals surface area contributed by atoms with Crippen molar-refractivity contribution < 1.29 is 22.4 Å². The van der Waals surface area contributed by atoms with E-state index in [2.05, 4.69) is 16.0 Å². The molecule has 5 nitrogen and oxygen atoms in total. The second kappa shape index (κ2) is 6.51. The minimum Gasteiger partial charge on any atom is -0.397 e. The normalized spacial score (nSPS) is 16.8. The molecule has 1 saturated carbocycles. The molecule has 0 heterocycles. The molecule has 1 amide bonds. The fraction of sp³-hybridized carbons (Fsp3) is 0.500. The topological polar surface area (TPSA) is 79.2 Å². The van der Waals surface area contributed by atoms with Gasteiger partial charge in [0, 0.05) is 31.6 Å². The lowest BCUT2D eigenvalue weighted by Crippen LogP contribution is -2.50. The lowest BCUT2D eigenvalue weighted by Gasteiger charge is -2.35. The zero-order chi connectivity index (χ0) is 17.2. The van der Waals surface area contributed by atoms with Crippen LogP contribution in [0.25, 0.3) is 0 Å². The number of alkyl halides is 4. The van der Waals surface area contributed by atoms with Gasteiger partial charge in [0.05, 0.1) is 23.5 Å². The van der Waals surface area contributed by atoms with Crippen molar-refractivity contribution in [1.29, 1.82) is 0 Å². The van der Waals surface area contributed by atoms with E-state index in [9.17, 15) is 22.4 Å². The van der Waals surface area contributed by atoms with Crippen molar-refractivity contribution in [2.75, 3.05) is 30.0 Å². The number of nitrogens with two attached hydrogens (primary N) is 1. The van der Waals surface area contributed by atoms with Crippen LogP contribution in [0.1, 0.15) is 23.2 Å². The Balaban J connectivity index is 2.17. The number of hydrogen-bond donors (Lipinski definition) is 4. The third kappa shape index (κ3) is 4.17. The predicted octanol–water partition coefficient (Wildman–Crippen LogP) is 2.51. The van der Waals surface area contributed by atoms with Crippen molar-refractivity contribution in [3.8, 4) is 0 Å². The Morgan fingerprint density at radius 1 is 1.35 bits per heavy atom. The van der Waals surface area contributed by atoms with Gasteiger partial charge in [-0.05, 0) is 12.1 Å². The Labute approximate surface area is 130 Å². The van der Waals surface area contributed by atoms with E-state index in [1.54, 1.807) is 7.05 Å². The van der Waals surface area contributed by atoms with Crippen LogP contribution in [0.4, 0.5) is 34.6 Å². The van der Waals surface area contributed by atoms with Gasteiger partial charge in [0.15, 0.2) is 0 Å². The molecule has 0 saturated heterocycles. The number of amides is 1. The Bertz CT molecular complexity index is 586. The molecule has 128 valence electrons. The number of nitrogens with one attached hydrogen (secondary N) is 3. The first-order valence-electron chi connectivity index (χ1n) is 7.04. The van der Waals surface area contributed by atoms with E-state index in [1.807, 2.05) is 0 Å². The summed E-state index contributed by atoms with van der Waals surface area (Å²) in [5.74, 6) is -3.39. The molecule has 1 aromatic carbocycles. The smallest absolute Gasteiger partial charge is 0.255 e. The van der Waals surface area contributed by atoms with Crippen molar-refractivity contribution >= 4 is 23.0 Å². The van der Waals surface area contributed by atoms with E-state index in [0.717, 1.165) is 0 Å². The zero-order valence-corrected chi connectivity index (χ0v) is 12.4. The maximum absolute atomic E-state index is 12.8. The fourth-order valence-electron chi connectivity index (χ4n) is 2.38. The van der Waals surface area contributed by atoms with E-state index >= 15 is 0 Å².